The summed E-state index contributed by atoms with van der Waals surface area (Å²) in [7, 11) is -3.65. The van der Waals surface area contributed by atoms with E-state index in [1.165, 1.54) is 11.6 Å². The van der Waals surface area contributed by atoms with Gasteiger partial charge in [-0.2, -0.15) is 0 Å². The van der Waals surface area contributed by atoms with Crippen LogP contribution in [0.4, 0.5) is 0 Å². The Hall–Kier alpha value is -2.23. The Morgan fingerprint density at radius 1 is 0.931 bits per heavy atom. The third-order valence-electron chi connectivity index (χ3n) is 4.86. The first-order valence-corrected chi connectivity index (χ1v) is 11.9. The van der Waals surface area contributed by atoms with Crippen LogP contribution in [0.1, 0.15) is 18.4 Å². The second-order valence-corrected chi connectivity index (χ2v) is 9.80. The van der Waals surface area contributed by atoms with Crippen LogP contribution >= 0.6 is 11.3 Å². The highest BCUT2D eigenvalue weighted by atomic mass is 32.2. The van der Waals surface area contributed by atoms with Gasteiger partial charge in [0.05, 0.1) is 6.54 Å². The van der Waals surface area contributed by atoms with Gasteiger partial charge in [-0.05, 0) is 29.9 Å². The van der Waals surface area contributed by atoms with Crippen molar-refractivity contribution in [2.45, 2.75) is 23.5 Å². The number of benzene rings is 1. The van der Waals surface area contributed by atoms with Gasteiger partial charge in [0.1, 0.15) is 4.21 Å². The molecule has 0 saturated carbocycles. The minimum absolute atomic E-state index is 0.103. The number of piperazine rings is 1. The normalized spacial score (nSPS) is 14.8. The fraction of sp³-hybridized carbons (Fsp3) is 0.400. The van der Waals surface area contributed by atoms with E-state index in [0.717, 1.165) is 24.2 Å². The van der Waals surface area contributed by atoms with Gasteiger partial charge in [0.15, 0.2) is 0 Å². The molecule has 0 spiro atoms. The minimum Gasteiger partial charge on any atom is -0.339 e. The molecule has 3 rings (SSSR count). The van der Waals surface area contributed by atoms with E-state index in [4.69, 9.17) is 0 Å². The first-order chi connectivity index (χ1) is 14.0. The van der Waals surface area contributed by atoms with Crippen LogP contribution in [0.25, 0.3) is 0 Å². The van der Waals surface area contributed by atoms with Crippen LogP contribution in [0.5, 0.6) is 0 Å². The lowest BCUT2D eigenvalue weighted by Crippen LogP contribution is -2.52. The Kier molecular flexibility index (Phi) is 7.40. The number of carbonyl (C=O) groups is 2. The molecule has 7 nitrogen and oxygen atoms in total. The molecule has 9 heteroatoms. The number of aryl methyl sites for hydroxylation is 1. The fourth-order valence-corrected chi connectivity index (χ4v) is 5.22. The first kappa shape index (κ1) is 21.5. The summed E-state index contributed by atoms with van der Waals surface area (Å²) >= 11 is 1.11. The van der Waals surface area contributed by atoms with Gasteiger partial charge >= 0.3 is 0 Å². The van der Waals surface area contributed by atoms with Crippen LogP contribution in [0.3, 0.4) is 0 Å². The molecule has 0 aliphatic carbocycles. The van der Waals surface area contributed by atoms with Crippen molar-refractivity contribution in [3.63, 3.8) is 0 Å². The quantitative estimate of drug-likeness (QED) is 0.684. The van der Waals surface area contributed by atoms with E-state index in [0.29, 0.717) is 32.6 Å². The second-order valence-electron chi connectivity index (χ2n) is 6.86. The van der Waals surface area contributed by atoms with Gasteiger partial charge < -0.3 is 9.80 Å². The highest BCUT2D eigenvalue weighted by Gasteiger charge is 2.25. The number of amides is 2. The van der Waals surface area contributed by atoms with Crippen molar-refractivity contribution >= 4 is 33.2 Å². The lowest BCUT2D eigenvalue weighted by atomic mass is 10.1. The Balaban J connectivity index is 1.38. The maximum Gasteiger partial charge on any atom is 0.250 e. The van der Waals surface area contributed by atoms with Gasteiger partial charge in [-0.25, -0.2) is 13.1 Å². The second kappa shape index (κ2) is 10.00. The SMILES string of the molecule is O=C(CCCc1ccccc1)N1CCN(C(=O)CNS(=O)(=O)c2cccs2)CC1. The molecule has 0 bridgehead atoms. The number of carbonyl (C=O) groups excluding carboxylic acids is 2. The van der Waals surface area contributed by atoms with Crippen LogP contribution in [0.15, 0.2) is 52.1 Å². The van der Waals surface area contributed by atoms with E-state index in [9.17, 15) is 18.0 Å². The smallest absolute Gasteiger partial charge is 0.250 e. The van der Waals surface area contributed by atoms with Crippen LogP contribution in [-0.4, -0.2) is 62.8 Å². The number of hydrogen-bond acceptors (Lipinski definition) is 5. The van der Waals surface area contributed by atoms with E-state index >= 15 is 0 Å². The standard InChI is InChI=1S/C20H25N3O4S2/c24-18(9-4-8-17-6-2-1-3-7-17)22-11-13-23(14-12-22)19(25)16-21-29(26,27)20-10-5-15-28-20/h1-3,5-7,10,15,21H,4,8-9,11-14,16H2. The molecule has 1 aromatic heterocycles. The summed E-state index contributed by atoms with van der Waals surface area (Å²) in [5.41, 5.74) is 1.22. The topological polar surface area (TPSA) is 86.8 Å². The molecule has 1 saturated heterocycles. The molecular weight excluding hydrogens is 410 g/mol. The zero-order chi connectivity index (χ0) is 20.7. The van der Waals surface area contributed by atoms with Crippen LogP contribution in [0, 0.1) is 0 Å². The average Bonchev–Trinajstić information content (AvgIpc) is 3.29. The van der Waals surface area contributed by atoms with E-state index in [1.807, 2.05) is 18.2 Å². The summed E-state index contributed by atoms with van der Waals surface area (Å²) in [6.07, 6.45) is 2.16. The van der Waals surface area contributed by atoms with Crippen LogP contribution in [0.2, 0.25) is 0 Å². The van der Waals surface area contributed by atoms with Gasteiger partial charge in [-0.1, -0.05) is 36.4 Å². The summed E-state index contributed by atoms with van der Waals surface area (Å²) in [5, 5.41) is 1.67. The molecule has 29 heavy (non-hydrogen) atoms. The van der Waals surface area contributed by atoms with E-state index in [-0.39, 0.29) is 22.6 Å². The molecule has 1 fully saturated rings. The number of nitrogens with zero attached hydrogens (tertiary/aromatic N) is 2. The predicted molar refractivity (Wildman–Crippen MR) is 112 cm³/mol. The van der Waals surface area contributed by atoms with Gasteiger partial charge in [-0.15, -0.1) is 11.3 Å². The van der Waals surface area contributed by atoms with Crippen molar-refractivity contribution in [1.82, 2.24) is 14.5 Å². The Morgan fingerprint density at radius 3 is 2.21 bits per heavy atom. The summed E-state index contributed by atoms with van der Waals surface area (Å²) in [6.45, 7) is 1.53. The number of sulfonamides is 1. The third-order valence-corrected chi connectivity index (χ3v) is 7.66. The third kappa shape index (κ3) is 6.12. The van der Waals surface area contributed by atoms with Crippen LogP contribution in [-0.2, 0) is 26.0 Å². The van der Waals surface area contributed by atoms with E-state index < -0.39 is 10.0 Å². The summed E-state index contributed by atoms with van der Waals surface area (Å²) in [4.78, 5) is 28.1. The van der Waals surface area contributed by atoms with Crippen molar-refractivity contribution in [2.24, 2.45) is 0 Å². The number of nitrogens with one attached hydrogen (secondary N) is 1. The van der Waals surface area contributed by atoms with Crippen molar-refractivity contribution in [1.29, 1.82) is 0 Å². The minimum atomic E-state index is -3.65. The van der Waals surface area contributed by atoms with Crippen molar-refractivity contribution in [3.8, 4) is 0 Å². The Bertz CT molecular complexity index is 906. The molecule has 0 unspecified atom stereocenters. The zero-order valence-electron chi connectivity index (χ0n) is 16.1. The molecule has 2 aromatic rings. The highest BCUT2D eigenvalue weighted by Crippen LogP contribution is 2.15. The summed E-state index contributed by atoms with van der Waals surface area (Å²) in [5.74, 6) is -0.173. The van der Waals surface area contributed by atoms with Crippen LogP contribution < -0.4 is 4.72 Å². The first-order valence-electron chi connectivity index (χ1n) is 9.58. The monoisotopic (exact) mass is 435 g/mol. The largest absolute Gasteiger partial charge is 0.339 e. The molecule has 0 radical (unpaired) electrons. The zero-order valence-corrected chi connectivity index (χ0v) is 17.8. The van der Waals surface area contributed by atoms with Gasteiger partial charge in [0.2, 0.25) is 11.8 Å². The predicted octanol–water partition coefficient (Wildman–Crippen LogP) is 1.72. The van der Waals surface area contributed by atoms with Crippen molar-refractivity contribution in [2.75, 3.05) is 32.7 Å². The maximum absolute atomic E-state index is 12.4. The van der Waals surface area contributed by atoms with Gasteiger partial charge in [0, 0.05) is 32.6 Å². The Morgan fingerprint density at radius 2 is 1.59 bits per heavy atom. The summed E-state index contributed by atoms with van der Waals surface area (Å²) < 4.78 is 26.7. The molecule has 2 amide bonds. The molecule has 2 heterocycles. The fourth-order valence-electron chi connectivity index (χ4n) is 3.21. The molecule has 1 aliphatic heterocycles. The molecule has 1 N–H and O–H groups in total. The van der Waals surface area contributed by atoms with Crippen molar-refractivity contribution in [3.05, 3.63) is 53.4 Å². The molecule has 1 aliphatic rings. The highest BCUT2D eigenvalue weighted by molar-refractivity contribution is 7.91. The van der Waals surface area contributed by atoms with Crippen molar-refractivity contribution < 1.29 is 18.0 Å². The summed E-state index contributed by atoms with van der Waals surface area (Å²) in [6, 6.07) is 13.2. The molecule has 156 valence electrons. The lowest BCUT2D eigenvalue weighted by Gasteiger charge is -2.35. The molecule has 1 aromatic carbocycles. The van der Waals surface area contributed by atoms with Gasteiger partial charge in [0.25, 0.3) is 10.0 Å². The molecular formula is C20H25N3O4S2. The number of rotatable bonds is 8. The maximum atomic E-state index is 12.4. The number of thiophene rings is 1. The lowest BCUT2D eigenvalue weighted by molar-refractivity contribution is -0.138. The number of hydrogen-bond donors (Lipinski definition) is 1. The van der Waals surface area contributed by atoms with E-state index in [1.54, 1.807) is 21.2 Å². The Labute approximate surface area is 175 Å². The average molecular weight is 436 g/mol. The van der Waals surface area contributed by atoms with Gasteiger partial charge in [-0.3, -0.25) is 9.59 Å². The van der Waals surface area contributed by atoms with E-state index in [2.05, 4.69) is 16.9 Å². The molecule has 0 atom stereocenters.